The summed E-state index contributed by atoms with van der Waals surface area (Å²) in [5, 5.41) is 9.20. The number of likely N-dealkylation sites (tertiary alicyclic amines) is 3. The molecular formula is C35H46ClN7O4. The van der Waals surface area contributed by atoms with Crippen LogP contribution in [0.2, 0.25) is 5.02 Å². The number of aldehydes is 1. The summed E-state index contributed by atoms with van der Waals surface area (Å²) < 4.78 is 0. The van der Waals surface area contributed by atoms with E-state index in [1.165, 1.54) is 19.3 Å². The molecule has 4 aliphatic rings. The Hall–Kier alpha value is -3.67. The van der Waals surface area contributed by atoms with Crippen LogP contribution in [-0.2, 0) is 16.1 Å². The second-order valence-corrected chi connectivity index (χ2v) is 13.7. The van der Waals surface area contributed by atoms with Gasteiger partial charge in [0.2, 0.25) is 5.91 Å². The molecule has 3 N–H and O–H groups in total. The minimum absolute atomic E-state index is 0.0798. The van der Waals surface area contributed by atoms with Crippen LogP contribution in [0.1, 0.15) is 50.5 Å². The smallest absolute Gasteiger partial charge is 0.322 e. The third-order valence-electron chi connectivity index (χ3n) is 10.3. The molecule has 6 rings (SSSR count). The van der Waals surface area contributed by atoms with Gasteiger partial charge in [0.1, 0.15) is 12.3 Å². The fourth-order valence-corrected chi connectivity index (χ4v) is 7.71. The molecular weight excluding hydrogens is 618 g/mol. The number of carbonyl (C=O) groups excluding carboxylic acids is 4. The van der Waals surface area contributed by atoms with Crippen molar-refractivity contribution in [1.82, 2.24) is 24.9 Å². The van der Waals surface area contributed by atoms with Crippen LogP contribution in [0.15, 0.2) is 48.5 Å². The second-order valence-electron chi connectivity index (χ2n) is 13.3. The molecule has 3 saturated heterocycles. The molecule has 11 nitrogen and oxygen atoms in total. The van der Waals surface area contributed by atoms with Crippen molar-refractivity contribution in [3.63, 3.8) is 0 Å². The van der Waals surface area contributed by atoms with Crippen molar-refractivity contribution in [2.75, 3.05) is 56.4 Å². The molecule has 2 atom stereocenters. The quantitative estimate of drug-likeness (QED) is 0.337. The fraction of sp³-hybridized carbons (Fsp3) is 0.543. The van der Waals surface area contributed by atoms with Gasteiger partial charge in [-0.05, 0) is 87.5 Å². The Balaban J connectivity index is 1.09. The molecule has 0 bridgehead atoms. The van der Waals surface area contributed by atoms with Crippen LogP contribution >= 0.6 is 11.6 Å². The van der Waals surface area contributed by atoms with Gasteiger partial charge in [0.25, 0.3) is 0 Å². The lowest BCUT2D eigenvalue weighted by molar-refractivity contribution is -0.138. The van der Waals surface area contributed by atoms with Crippen LogP contribution in [-0.4, -0.2) is 108 Å². The SMILES string of the molecule is O=CC(CN1CCC(N2Cc3ccccc3NC2=O)CC1)[C@H](NC(=O)Nc1ccc(Cl)cc1)C(=O)N1CCC(N2CCCCC2)CC1. The topological polar surface area (TPSA) is 117 Å². The molecule has 1 unspecified atom stereocenters. The number of urea groups is 2. The summed E-state index contributed by atoms with van der Waals surface area (Å²) in [6, 6.07) is 13.5. The molecule has 47 heavy (non-hydrogen) atoms. The zero-order valence-corrected chi connectivity index (χ0v) is 27.7. The van der Waals surface area contributed by atoms with Crippen LogP contribution in [0, 0.1) is 5.92 Å². The van der Waals surface area contributed by atoms with Crippen molar-refractivity contribution in [1.29, 1.82) is 0 Å². The van der Waals surface area contributed by atoms with E-state index in [2.05, 4.69) is 25.8 Å². The van der Waals surface area contributed by atoms with Crippen LogP contribution in [0.25, 0.3) is 0 Å². The molecule has 12 heteroatoms. The first-order valence-corrected chi connectivity index (χ1v) is 17.4. The fourth-order valence-electron chi connectivity index (χ4n) is 7.58. The number of hydrogen-bond acceptors (Lipinski definition) is 6. The maximum absolute atomic E-state index is 14.1. The van der Waals surface area contributed by atoms with Gasteiger partial charge in [-0.15, -0.1) is 0 Å². The van der Waals surface area contributed by atoms with E-state index in [9.17, 15) is 19.2 Å². The minimum Gasteiger partial charge on any atom is -0.341 e. The van der Waals surface area contributed by atoms with E-state index in [1.54, 1.807) is 24.3 Å². The van der Waals surface area contributed by atoms with Gasteiger partial charge in [-0.1, -0.05) is 36.2 Å². The molecule has 4 heterocycles. The molecule has 3 fully saturated rings. The van der Waals surface area contributed by atoms with Crippen LogP contribution < -0.4 is 16.0 Å². The van der Waals surface area contributed by atoms with E-state index < -0.39 is 18.0 Å². The van der Waals surface area contributed by atoms with E-state index >= 15 is 0 Å². The lowest BCUT2D eigenvalue weighted by Gasteiger charge is -2.42. The van der Waals surface area contributed by atoms with E-state index in [1.807, 2.05) is 34.1 Å². The van der Waals surface area contributed by atoms with E-state index in [4.69, 9.17) is 11.6 Å². The lowest BCUT2D eigenvalue weighted by atomic mass is 9.94. The lowest BCUT2D eigenvalue weighted by Crippen LogP contribution is -2.58. The Morgan fingerprint density at radius 2 is 1.57 bits per heavy atom. The van der Waals surface area contributed by atoms with Gasteiger partial charge in [0.15, 0.2) is 0 Å². The van der Waals surface area contributed by atoms with Crippen LogP contribution in [0.5, 0.6) is 0 Å². The highest BCUT2D eigenvalue weighted by molar-refractivity contribution is 6.30. The summed E-state index contributed by atoms with van der Waals surface area (Å²) in [4.78, 5) is 61.3. The highest BCUT2D eigenvalue weighted by Crippen LogP contribution is 2.28. The third-order valence-corrected chi connectivity index (χ3v) is 10.5. The van der Waals surface area contributed by atoms with Gasteiger partial charge in [0, 0.05) is 67.7 Å². The van der Waals surface area contributed by atoms with Gasteiger partial charge in [0.05, 0.1) is 5.92 Å². The number of para-hydroxylation sites is 1. The number of piperidine rings is 3. The predicted molar refractivity (Wildman–Crippen MR) is 182 cm³/mol. The number of hydrogen-bond donors (Lipinski definition) is 3. The minimum atomic E-state index is -1.01. The molecule has 5 amide bonds. The summed E-state index contributed by atoms with van der Waals surface area (Å²) in [6.45, 7) is 5.72. The van der Waals surface area contributed by atoms with Crippen molar-refractivity contribution < 1.29 is 19.2 Å². The summed E-state index contributed by atoms with van der Waals surface area (Å²) >= 11 is 6.01. The predicted octanol–water partition coefficient (Wildman–Crippen LogP) is 4.63. The van der Waals surface area contributed by atoms with Crippen LogP contribution in [0.3, 0.4) is 0 Å². The highest BCUT2D eigenvalue weighted by Gasteiger charge is 2.38. The number of nitrogens with zero attached hydrogens (tertiary/aromatic N) is 4. The molecule has 252 valence electrons. The van der Waals surface area contributed by atoms with E-state index in [-0.39, 0.29) is 18.0 Å². The van der Waals surface area contributed by atoms with Gasteiger partial charge in [-0.25, -0.2) is 9.59 Å². The standard InChI is InChI=1S/C35H46ClN7O4/c36-27-8-10-28(11-9-27)37-34(46)39-32(33(45)42-20-14-29(15-21-42)41-16-4-1-5-17-41)26(24-44)22-40-18-12-30(13-19-40)43-23-25-6-2-3-7-31(25)38-35(43)47/h2-3,6-11,24,26,29-30,32H,1,4-5,12-23H2,(H,38,47)(H2,37,39,46)/t26?,32-/m0/s1. The molecule has 0 radical (unpaired) electrons. The largest absolute Gasteiger partial charge is 0.341 e. The number of nitrogens with one attached hydrogen (secondary N) is 3. The first-order valence-electron chi connectivity index (χ1n) is 17.1. The Morgan fingerprint density at radius 3 is 2.28 bits per heavy atom. The molecule has 2 aromatic carbocycles. The normalized spacial score (nSPS) is 21.3. The molecule has 0 aromatic heterocycles. The first kappa shape index (κ1) is 33.2. The second kappa shape index (κ2) is 15.5. The summed E-state index contributed by atoms with van der Waals surface area (Å²) in [7, 11) is 0. The van der Waals surface area contributed by atoms with Gasteiger partial charge >= 0.3 is 12.1 Å². The maximum atomic E-state index is 14.1. The molecule has 0 spiro atoms. The van der Waals surface area contributed by atoms with E-state index in [0.29, 0.717) is 56.0 Å². The zero-order valence-electron chi connectivity index (χ0n) is 26.9. The molecule has 4 aliphatic heterocycles. The van der Waals surface area contributed by atoms with Gasteiger partial charge < -0.3 is 40.3 Å². The third kappa shape index (κ3) is 8.25. The molecule has 0 aliphatic carbocycles. The first-order chi connectivity index (χ1) is 22.9. The average Bonchev–Trinajstić information content (AvgIpc) is 3.11. The Labute approximate surface area is 281 Å². The van der Waals surface area contributed by atoms with E-state index in [0.717, 1.165) is 56.3 Å². The number of rotatable bonds is 9. The molecule has 0 saturated carbocycles. The zero-order chi connectivity index (χ0) is 32.8. The Morgan fingerprint density at radius 1 is 0.894 bits per heavy atom. The van der Waals surface area contributed by atoms with Crippen molar-refractivity contribution in [2.45, 2.75) is 69.6 Å². The number of fused-ring (bicyclic) bond motifs is 1. The van der Waals surface area contributed by atoms with Gasteiger partial charge in [-0.2, -0.15) is 0 Å². The number of benzene rings is 2. The monoisotopic (exact) mass is 663 g/mol. The number of halogens is 1. The summed E-state index contributed by atoms with van der Waals surface area (Å²) in [6.07, 6.45) is 7.85. The Kier molecular flexibility index (Phi) is 11.0. The molecule has 2 aromatic rings. The maximum Gasteiger partial charge on any atom is 0.322 e. The average molecular weight is 664 g/mol. The summed E-state index contributed by atoms with van der Waals surface area (Å²) in [5.74, 6) is -0.955. The number of anilines is 2. The van der Waals surface area contributed by atoms with Crippen molar-refractivity contribution in [3.8, 4) is 0 Å². The van der Waals surface area contributed by atoms with Crippen molar-refractivity contribution in [3.05, 3.63) is 59.1 Å². The van der Waals surface area contributed by atoms with Crippen molar-refractivity contribution >= 4 is 47.2 Å². The van der Waals surface area contributed by atoms with Gasteiger partial charge in [-0.3, -0.25) is 4.79 Å². The number of carbonyl (C=O) groups is 4. The summed E-state index contributed by atoms with van der Waals surface area (Å²) in [5.41, 5.74) is 2.49. The Bertz CT molecular complexity index is 1400. The highest BCUT2D eigenvalue weighted by atomic mass is 35.5. The van der Waals surface area contributed by atoms with Crippen LogP contribution in [0.4, 0.5) is 21.0 Å². The number of amides is 5. The van der Waals surface area contributed by atoms with Crippen molar-refractivity contribution in [2.24, 2.45) is 5.92 Å².